The lowest BCUT2D eigenvalue weighted by Gasteiger charge is -2.13. The number of benzene rings is 1. The maximum Gasteiger partial charge on any atom is 0.0795 e. The van der Waals surface area contributed by atoms with Crippen LogP contribution in [0.25, 0.3) is 0 Å². The van der Waals surface area contributed by atoms with Gasteiger partial charge in [0.25, 0.3) is 0 Å². The minimum Gasteiger partial charge on any atom is -0.378 e. The van der Waals surface area contributed by atoms with Crippen molar-refractivity contribution in [2.45, 2.75) is 13.0 Å². The van der Waals surface area contributed by atoms with Gasteiger partial charge in [0.15, 0.2) is 0 Å². The van der Waals surface area contributed by atoms with Crippen molar-refractivity contribution in [3.8, 4) is 0 Å². The maximum atomic E-state index is 5.90. The number of nitrogens with zero attached hydrogens (tertiary/aromatic N) is 1. The Labute approximate surface area is 97.9 Å². The van der Waals surface area contributed by atoms with Crippen LogP contribution in [0, 0.1) is 0 Å². The summed E-state index contributed by atoms with van der Waals surface area (Å²) in [5.74, 6) is 0. The van der Waals surface area contributed by atoms with Crippen LogP contribution in [0.4, 0.5) is 5.69 Å². The van der Waals surface area contributed by atoms with Crippen molar-refractivity contribution in [3.05, 3.63) is 45.9 Å². The highest BCUT2D eigenvalue weighted by Gasteiger charge is 2.06. The molecule has 0 amide bonds. The van der Waals surface area contributed by atoms with Crippen LogP contribution in [-0.2, 0) is 0 Å². The Hall–Kier alpha value is -1.06. The van der Waals surface area contributed by atoms with Crippen LogP contribution < -0.4 is 5.32 Å². The molecule has 1 unspecified atom stereocenters. The molecule has 1 N–H and O–H groups in total. The normalized spacial score (nSPS) is 12.4. The number of nitrogens with one attached hydrogen (secondary N) is 1. The second-order valence-corrected chi connectivity index (χ2v) is 4.63. The molecule has 0 aliphatic carbocycles. The molecule has 78 valence electrons. The van der Waals surface area contributed by atoms with Crippen molar-refractivity contribution >= 4 is 28.6 Å². The highest BCUT2D eigenvalue weighted by Crippen LogP contribution is 2.23. The summed E-state index contributed by atoms with van der Waals surface area (Å²) in [6, 6.07) is 7.98. The molecule has 1 aromatic heterocycles. The number of hydrogen-bond acceptors (Lipinski definition) is 3. The summed E-state index contributed by atoms with van der Waals surface area (Å²) < 4.78 is 0. The van der Waals surface area contributed by atoms with Crippen molar-refractivity contribution in [3.63, 3.8) is 0 Å². The zero-order chi connectivity index (χ0) is 10.7. The first kappa shape index (κ1) is 10.5. The number of hydrogen-bond donors (Lipinski definition) is 1. The molecule has 0 fully saturated rings. The van der Waals surface area contributed by atoms with Crippen molar-refractivity contribution in [2.24, 2.45) is 0 Å². The number of anilines is 1. The van der Waals surface area contributed by atoms with Gasteiger partial charge >= 0.3 is 0 Å². The predicted octanol–water partition coefficient (Wildman–Crippen LogP) is 3.97. The van der Waals surface area contributed by atoms with Crippen molar-refractivity contribution < 1.29 is 0 Å². The molecule has 1 heterocycles. The molecule has 0 aliphatic rings. The molecule has 15 heavy (non-hydrogen) atoms. The van der Waals surface area contributed by atoms with E-state index in [1.807, 2.05) is 36.0 Å². The monoisotopic (exact) mass is 238 g/mol. The van der Waals surface area contributed by atoms with Crippen LogP contribution >= 0.6 is 22.9 Å². The van der Waals surface area contributed by atoms with Crippen molar-refractivity contribution in [1.82, 2.24) is 4.98 Å². The fraction of sp³-hybridized carbons (Fsp3) is 0.182. The maximum absolute atomic E-state index is 5.90. The van der Waals surface area contributed by atoms with E-state index < -0.39 is 0 Å². The Morgan fingerprint density at radius 3 is 3.00 bits per heavy atom. The summed E-state index contributed by atoms with van der Waals surface area (Å²) in [6.45, 7) is 2.11. The van der Waals surface area contributed by atoms with Crippen LogP contribution in [0.15, 0.2) is 36.0 Å². The first-order valence-electron chi connectivity index (χ1n) is 4.66. The van der Waals surface area contributed by atoms with Gasteiger partial charge < -0.3 is 5.32 Å². The van der Waals surface area contributed by atoms with Gasteiger partial charge in [-0.1, -0.05) is 17.7 Å². The quantitative estimate of drug-likeness (QED) is 0.875. The molecule has 4 heteroatoms. The van der Waals surface area contributed by atoms with Gasteiger partial charge in [-0.2, -0.15) is 0 Å². The minimum absolute atomic E-state index is 0.260. The average molecular weight is 239 g/mol. The average Bonchev–Trinajstić information content (AvgIpc) is 2.70. The zero-order valence-corrected chi connectivity index (χ0v) is 9.85. The Bertz CT molecular complexity index is 428. The predicted molar refractivity (Wildman–Crippen MR) is 65.6 cm³/mol. The topological polar surface area (TPSA) is 24.9 Å². The lowest BCUT2D eigenvalue weighted by molar-refractivity contribution is 0.904. The molecular weight excluding hydrogens is 228 g/mol. The smallest absolute Gasteiger partial charge is 0.0795 e. The second kappa shape index (κ2) is 4.64. The van der Waals surface area contributed by atoms with E-state index in [9.17, 15) is 0 Å². The number of rotatable bonds is 3. The van der Waals surface area contributed by atoms with Crippen LogP contribution in [0.5, 0.6) is 0 Å². The summed E-state index contributed by atoms with van der Waals surface area (Å²) >= 11 is 7.55. The molecule has 0 aliphatic heterocycles. The Kier molecular flexibility index (Phi) is 3.23. The van der Waals surface area contributed by atoms with Gasteiger partial charge in [-0.3, -0.25) is 4.98 Å². The van der Waals surface area contributed by atoms with E-state index in [4.69, 9.17) is 11.6 Å². The van der Waals surface area contributed by atoms with Gasteiger partial charge in [0.1, 0.15) is 0 Å². The molecule has 0 bridgehead atoms. The Morgan fingerprint density at radius 1 is 1.47 bits per heavy atom. The number of aromatic nitrogens is 1. The molecule has 2 aromatic rings. The molecular formula is C11H11ClN2S. The molecule has 0 radical (unpaired) electrons. The summed E-state index contributed by atoms with van der Waals surface area (Å²) in [7, 11) is 0. The van der Waals surface area contributed by atoms with E-state index in [1.54, 1.807) is 11.3 Å². The number of halogens is 1. The van der Waals surface area contributed by atoms with Gasteiger partial charge in [-0.15, -0.1) is 11.3 Å². The zero-order valence-electron chi connectivity index (χ0n) is 8.27. The van der Waals surface area contributed by atoms with Gasteiger partial charge in [0, 0.05) is 21.8 Å². The molecule has 2 nitrogen and oxygen atoms in total. The summed E-state index contributed by atoms with van der Waals surface area (Å²) in [4.78, 5) is 5.27. The molecule has 0 saturated heterocycles. The van der Waals surface area contributed by atoms with E-state index in [1.165, 1.54) is 4.88 Å². The Balaban J connectivity index is 2.09. The van der Waals surface area contributed by atoms with Gasteiger partial charge in [0.05, 0.1) is 11.6 Å². The van der Waals surface area contributed by atoms with Crippen LogP contribution in [-0.4, -0.2) is 4.98 Å². The van der Waals surface area contributed by atoms with E-state index in [0.717, 1.165) is 10.7 Å². The third-order valence-electron chi connectivity index (χ3n) is 2.09. The fourth-order valence-electron chi connectivity index (χ4n) is 1.34. The summed E-state index contributed by atoms with van der Waals surface area (Å²) in [5, 5.41) is 4.12. The highest BCUT2D eigenvalue weighted by molar-refractivity contribution is 7.09. The standard InChI is InChI=1S/C11H11ClN2S/c1-8(11-6-13-7-15-11)14-10-4-2-3-9(12)5-10/h2-8,14H,1H3. The lowest BCUT2D eigenvalue weighted by Crippen LogP contribution is -2.04. The fourth-order valence-corrected chi connectivity index (χ4v) is 2.16. The molecule has 0 spiro atoms. The van der Waals surface area contributed by atoms with Gasteiger partial charge in [0.2, 0.25) is 0 Å². The van der Waals surface area contributed by atoms with Crippen LogP contribution in [0.1, 0.15) is 17.8 Å². The lowest BCUT2D eigenvalue weighted by atomic mass is 10.2. The third-order valence-corrected chi connectivity index (χ3v) is 3.28. The van der Waals surface area contributed by atoms with E-state index in [2.05, 4.69) is 17.2 Å². The van der Waals surface area contributed by atoms with Crippen LogP contribution in [0.2, 0.25) is 5.02 Å². The SMILES string of the molecule is CC(Nc1cccc(Cl)c1)c1cncs1. The highest BCUT2D eigenvalue weighted by atomic mass is 35.5. The van der Waals surface area contributed by atoms with Gasteiger partial charge in [-0.05, 0) is 25.1 Å². The van der Waals surface area contributed by atoms with E-state index in [-0.39, 0.29) is 6.04 Å². The summed E-state index contributed by atoms with van der Waals surface area (Å²) in [6.07, 6.45) is 1.88. The van der Waals surface area contributed by atoms with Crippen molar-refractivity contribution in [2.75, 3.05) is 5.32 Å². The molecule has 2 rings (SSSR count). The molecule has 0 saturated carbocycles. The number of thiazole rings is 1. The second-order valence-electron chi connectivity index (χ2n) is 3.28. The Morgan fingerprint density at radius 2 is 2.33 bits per heavy atom. The summed E-state index contributed by atoms with van der Waals surface area (Å²) in [5.41, 5.74) is 2.87. The first-order chi connectivity index (χ1) is 7.25. The largest absolute Gasteiger partial charge is 0.378 e. The van der Waals surface area contributed by atoms with Crippen molar-refractivity contribution in [1.29, 1.82) is 0 Å². The van der Waals surface area contributed by atoms with E-state index >= 15 is 0 Å². The third kappa shape index (κ3) is 2.70. The molecule has 1 atom stereocenters. The van der Waals surface area contributed by atoms with Crippen LogP contribution in [0.3, 0.4) is 0 Å². The molecule has 1 aromatic carbocycles. The minimum atomic E-state index is 0.260. The first-order valence-corrected chi connectivity index (χ1v) is 5.92. The van der Waals surface area contributed by atoms with E-state index in [0.29, 0.717) is 0 Å². The van der Waals surface area contributed by atoms with Gasteiger partial charge in [-0.25, -0.2) is 0 Å².